The number of hydrogen-bond acceptors (Lipinski definition) is 5. The molecule has 0 aliphatic rings. The van der Waals surface area contributed by atoms with E-state index in [1.807, 2.05) is 11.6 Å². The largest absolute Gasteiger partial charge is 0.349 e. The van der Waals surface area contributed by atoms with Crippen LogP contribution >= 0.6 is 23.1 Å². The van der Waals surface area contributed by atoms with Gasteiger partial charge in [0.05, 0.1) is 17.7 Å². The van der Waals surface area contributed by atoms with Crippen LogP contribution in [-0.2, 0) is 11.3 Å². The molecule has 0 aliphatic heterocycles. The Labute approximate surface area is 148 Å². The summed E-state index contributed by atoms with van der Waals surface area (Å²) in [4.78, 5) is 28.7. The molecule has 1 heterocycles. The van der Waals surface area contributed by atoms with Crippen molar-refractivity contribution in [2.24, 2.45) is 0 Å². The van der Waals surface area contributed by atoms with Crippen molar-refractivity contribution in [3.63, 3.8) is 0 Å². The fourth-order valence-electron chi connectivity index (χ4n) is 1.97. The Hall–Kier alpha value is -1.93. The molecular weight excluding hydrogens is 349 g/mol. The number of rotatable bonds is 8. The molecule has 0 bridgehead atoms. The molecule has 1 aromatic carbocycles. The van der Waals surface area contributed by atoms with Crippen molar-refractivity contribution in [1.82, 2.24) is 15.6 Å². The van der Waals surface area contributed by atoms with Gasteiger partial charge in [0.25, 0.3) is 5.91 Å². The highest BCUT2D eigenvalue weighted by atomic mass is 32.2. The average Bonchev–Trinajstić information content (AvgIpc) is 3.10. The van der Waals surface area contributed by atoms with E-state index in [2.05, 4.69) is 15.6 Å². The molecule has 0 unspecified atom stereocenters. The molecule has 2 rings (SSSR count). The van der Waals surface area contributed by atoms with Gasteiger partial charge in [0.1, 0.15) is 11.9 Å². The molecule has 5 nitrogen and oxygen atoms in total. The Bertz CT molecular complexity index is 662. The maximum Gasteiger partial charge on any atom is 0.251 e. The number of benzene rings is 1. The van der Waals surface area contributed by atoms with E-state index in [9.17, 15) is 14.0 Å². The van der Waals surface area contributed by atoms with E-state index in [0.29, 0.717) is 18.5 Å². The minimum atomic E-state index is -0.645. The maximum atomic E-state index is 12.9. The molecule has 128 valence electrons. The van der Waals surface area contributed by atoms with Gasteiger partial charge in [-0.05, 0) is 42.7 Å². The number of nitrogens with one attached hydrogen (secondary N) is 2. The van der Waals surface area contributed by atoms with Gasteiger partial charge in [0.2, 0.25) is 5.91 Å². The van der Waals surface area contributed by atoms with E-state index in [1.165, 1.54) is 35.6 Å². The Morgan fingerprint density at radius 2 is 2.08 bits per heavy atom. The van der Waals surface area contributed by atoms with Crippen LogP contribution in [0.3, 0.4) is 0 Å². The van der Waals surface area contributed by atoms with Crippen LogP contribution in [0.4, 0.5) is 4.39 Å². The van der Waals surface area contributed by atoms with Crippen molar-refractivity contribution in [3.05, 3.63) is 52.2 Å². The summed E-state index contributed by atoms with van der Waals surface area (Å²) in [6.45, 7) is 0.324. The first-order chi connectivity index (χ1) is 11.6. The number of amides is 2. The Kier molecular flexibility index (Phi) is 7.20. The van der Waals surface area contributed by atoms with Crippen LogP contribution in [0.25, 0.3) is 0 Å². The SMILES string of the molecule is CSCC[C@H](NC(=O)c1ccc(F)cc1)C(=O)NCc1cscn1. The minimum absolute atomic E-state index is 0.257. The van der Waals surface area contributed by atoms with Gasteiger partial charge in [0.15, 0.2) is 0 Å². The molecule has 1 aromatic heterocycles. The molecule has 0 fully saturated rings. The van der Waals surface area contributed by atoms with E-state index in [4.69, 9.17) is 0 Å². The first kappa shape index (κ1) is 18.4. The molecule has 0 spiro atoms. The number of aromatic nitrogens is 1. The van der Waals surface area contributed by atoms with Crippen molar-refractivity contribution < 1.29 is 14.0 Å². The lowest BCUT2D eigenvalue weighted by molar-refractivity contribution is -0.123. The summed E-state index contributed by atoms with van der Waals surface area (Å²) in [6.07, 6.45) is 2.45. The quantitative estimate of drug-likeness (QED) is 0.752. The van der Waals surface area contributed by atoms with Gasteiger partial charge >= 0.3 is 0 Å². The third-order valence-corrected chi connectivity index (χ3v) is 4.55. The molecular formula is C16H18FN3O2S2. The summed E-state index contributed by atoms with van der Waals surface area (Å²) in [5.41, 5.74) is 2.79. The number of carbonyl (C=O) groups excluding carboxylic acids is 2. The number of thioether (sulfide) groups is 1. The van der Waals surface area contributed by atoms with Gasteiger partial charge in [-0.15, -0.1) is 11.3 Å². The second-order valence-electron chi connectivity index (χ2n) is 5.01. The van der Waals surface area contributed by atoms with Crippen LogP contribution in [0, 0.1) is 5.82 Å². The molecule has 24 heavy (non-hydrogen) atoms. The molecule has 2 aromatic rings. The van der Waals surface area contributed by atoms with Crippen molar-refractivity contribution in [2.45, 2.75) is 19.0 Å². The highest BCUT2D eigenvalue weighted by molar-refractivity contribution is 7.98. The van der Waals surface area contributed by atoms with E-state index >= 15 is 0 Å². The average molecular weight is 367 g/mol. The minimum Gasteiger partial charge on any atom is -0.349 e. The molecule has 1 atom stereocenters. The van der Waals surface area contributed by atoms with E-state index < -0.39 is 17.8 Å². The zero-order chi connectivity index (χ0) is 17.4. The number of nitrogens with zero attached hydrogens (tertiary/aromatic N) is 1. The van der Waals surface area contributed by atoms with E-state index in [0.717, 1.165) is 11.4 Å². The third-order valence-electron chi connectivity index (χ3n) is 3.27. The number of carbonyl (C=O) groups is 2. The Morgan fingerprint density at radius 3 is 2.71 bits per heavy atom. The lowest BCUT2D eigenvalue weighted by Crippen LogP contribution is -2.46. The molecule has 0 radical (unpaired) electrons. The standard InChI is InChI=1S/C16H18FN3O2S2/c1-23-7-6-14(16(22)18-8-13-9-24-10-19-13)20-15(21)11-2-4-12(17)5-3-11/h2-5,9-10,14H,6-8H2,1H3,(H,18,22)(H,20,21)/t14-/m0/s1. The van der Waals surface area contributed by atoms with Crippen LogP contribution in [0.5, 0.6) is 0 Å². The van der Waals surface area contributed by atoms with Gasteiger partial charge < -0.3 is 10.6 Å². The summed E-state index contributed by atoms with van der Waals surface area (Å²) in [7, 11) is 0. The predicted molar refractivity (Wildman–Crippen MR) is 94.6 cm³/mol. The number of halogens is 1. The highest BCUT2D eigenvalue weighted by Crippen LogP contribution is 2.07. The molecule has 2 N–H and O–H groups in total. The van der Waals surface area contributed by atoms with Crippen LogP contribution in [0.1, 0.15) is 22.5 Å². The molecule has 8 heteroatoms. The number of hydrogen-bond donors (Lipinski definition) is 2. The van der Waals surface area contributed by atoms with Gasteiger partial charge in [0, 0.05) is 10.9 Å². The first-order valence-electron chi connectivity index (χ1n) is 7.30. The summed E-state index contributed by atoms with van der Waals surface area (Å²) in [6, 6.07) is 4.57. The molecule has 2 amide bonds. The zero-order valence-corrected chi connectivity index (χ0v) is 14.8. The van der Waals surface area contributed by atoms with Gasteiger partial charge in [-0.2, -0.15) is 11.8 Å². The fourth-order valence-corrected chi connectivity index (χ4v) is 3.00. The lowest BCUT2D eigenvalue weighted by Gasteiger charge is -2.18. The van der Waals surface area contributed by atoms with Gasteiger partial charge in [-0.3, -0.25) is 9.59 Å². The van der Waals surface area contributed by atoms with E-state index in [1.54, 1.807) is 17.3 Å². The van der Waals surface area contributed by atoms with Crippen LogP contribution in [-0.4, -0.2) is 34.8 Å². The zero-order valence-electron chi connectivity index (χ0n) is 13.1. The lowest BCUT2D eigenvalue weighted by atomic mass is 10.1. The normalized spacial score (nSPS) is 11.8. The molecule has 0 saturated heterocycles. The second kappa shape index (κ2) is 9.39. The first-order valence-corrected chi connectivity index (χ1v) is 9.64. The Balaban J connectivity index is 1.96. The fraction of sp³-hybridized carbons (Fsp3) is 0.312. The summed E-state index contributed by atoms with van der Waals surface area (Å²) in [5.74, 6) is -0.331. The smallest absolute Gasteiger partial charge is 0.251 e. The number of thiazole rings is 1. The summed E-state index contributed by atoms with van der Waals surface area (Å²) >= 11 is 3.05. The van der Waals surface area contributed by atoms with E-state index in [-0.39, 0.29) is 5.91 Å². The third kappa shape index (κ3) is 5.61. The molecule has 0 saturated carbocycles. The summed E-state index contributed by atoms with van der Waals surface area (Å²) < 4.78 is 12.9. The second-order valence-corrected chi connectivity index (χ2v) is 6.72. The summed E-state index contributed by atoms with van der Waals surface area (Å²) in [5, 5.41) is 7.35. The van der Waals surface area contributed by atoms with Crippen molar-refractivity contribution in [1.29, 1.82) is 0 Å². The van der Waals surface area contributed by atoms with Crippen molar-refractivity contribution >= 4 is 34.9 Å². The maximum absolute atomic E-state index is 12.9. The van der Waals surface area contributed by atoms with Crippen LogP contribution in [0.15, 0.2) is 35.2 Å². The predicted octanol–water partition coefficient (Wildman–Crippen LogP) is 2.45. The monoisotopic (exact) mass is 367 g/mol. The van der Waals surface area contributed by atoms with Crippen LogP contribution in [0.2, 0.25) is 0 Å². The van der Waals surface area contributed by atoms with Crippen LogP contribution < -0.4 is 10.6 Å². The Morgan fingerprint density at radius 1 is 1.33 bits per heavy atom. The van der Waals surface area contributed by atoms with Crippen molar-refractivity contribution in [2.75, 3.05) is 12.0 Å². The van der Waals surface area contributed by atoms with Gasteiger partial charge in [-0.25, -0.2) is 9.37 Å². The van der Waals surface area contributed by atoms with Gasteiger partial charge in [-0.1, -0.05) is 0 Å². The highest BCUT2D eigenvalue weighted by Gasteiger charge is 2.21. The molecule has 0 aliphatic carbocycles. The van der Waals surface area contributed by atoms with Crippen molar-refractivity contribution in [3.8, 4) is 0 Å². The topological polar surface area (TPSA) is 71.1 Å².